The van der Waals surface area contributed by atoms with E-state index in [1.54, 1.807) is 0 Å². The SMILES string of the molecule is CCN1CCCC(N2C(=O)CC(=O)NC2=O)C1. The van der Waals surface area contributed by atoms with Crippen molar-refractivity contribution in [2.24, 2.45) is 0 Å². The van der Waals surface area contributed by atoms with E-state index in [0.29, 0.717) is 6.54 Å². The number of imide groups is 2. The van der Waals surface area contributed by atoms with Crippen LogP contribution < -0.4 is 5.32 Å². The first-order chi connectivity index (χ1) is 8.11. The molecule has 2 rings (SSSR count). The number of likely N-dealkylation sites (tertiary alicyclic amines) is 1. The van der Waals surface area contributed by atoms with Gasteiger partial charge in [-0.25, -0.2) is 4.79 Å². The Balaban J connectivity index is 2.07. The molecule has 17 heavy (non-hydrogen) atoms. The van der Waals surface area contributed by atoms with Crippen LogP contribution in [0.4, 0.5) is 4.79 Å². The zero-order valence-electron chi connectivity index (χ0n) is 9.94. The predicted octanol–water partition coefficient (Wildman–Crippen LogP) is -0.0608. The number of nitrogens with zero attached hydrogens (tertiary/aromatic N) is 2. The van der Waals surface area contributed by atoms with Gasteiger partial charge in [-0.1, -0.05) is 6.92 Å². The molecule has 2 aliphatic rings. The number of hydrogen-bond donors (Lipinski definition) is 1. The second-order valence-corrected chi connectivity index (χ2v) is 4.48. The lowest BCUT2D eigenvalue weighted by atomic mass is 10.0. The van der Waals surface area contributed by atoms with Crippen LogP contribution >= 0.6 is 0 Å². The van der Waals surface area contributed by atoms with Crippen LogP contribution in [-0.2, 0) is 9.59 Å². The summed E-state index contributed by atoms with van der Waals surface area (Å²) in [5.41, 5.74) is 0. The molecule has 2 saturated heterocycles. The lowest BCUT2D eigenvalue weighted by Gasteiger charge is -2.38. The van der Waals surface area contributed by atoms with Crippen LogP contribution in [0.5, 0.6) is 0 Å². The lowest BCUT2D eigenvalue weighted by molar-refractivity contribution is -0.138. The summed E-state index contributed by atoms with van der Waals surface area (Å²) in [4.78, 5) is 37.9. The number of carbonyl (C=O) groups is 3. The molecule has 0 bridgehead atoms. The zero-order valence-corrected chi connectivity index (χ0v) is 9.94. The van der Waals surface area contributed by atoms with Gasteiger partial charge >= 0.3 is 6.03 Å². The topological polar surface area (TPSA) is 69.7 Å². The highest BCUT2D eigenvalue weighted by Gasteiger charge is 2.37. The van der Waals surface area contributed by atoms with Crippen molar-refractivity contribution < 1.29 is 14.4 Å². The number of barbiturate groups is 1. The van der Waals surface area contributed by atoms with Crippen LogP contribution in [0.2, 0.25) is 0 Å². The molecule has 0 saturated carbocycles. The maximum atomic E-state index is 11.7. The molecule has 0 radical (unpaired) electrons. The molecule has 2 aliphatic heterocycles. The van der Waals surface area contributed by atoms with E-state index >= 15 is 0 Å². The quantitative estimate of drug-likeness (QED) is 0.685. The molecule has 0 aromatic carbocycles. The summed E-state index contributed by atoms with van der Waals surface area (Å²) in [6.45, 7) is 4.70. The van der Waals surface area contributed by atoms with Gasteiger partial charge in [-0.05, 0) is 25.9 Å². The monoisotopic (exact) mass is 239 g/mol. The molecule has 1 N–H and O–H groups in total. The third-order valence-electron chi connectivity index (χ3n) is 3.34. The molecule has 6 nitrogen and oxygen atoms in total. The maximum Gasteiger partial charge on any atom is 0.331 e. The Labute approximate surface area is 99.9 Å². The first kappa shape index (κ1) is 12.0. The molecule has 1 atom stereocenters. The molecular weight excluding hydrogens is 222 g/mol. The molecule has 94 valence electrons. The minimum Gasteiger partial charge on any atom is -0.302 e. The summed E-state index contributed by atoms with van der Waals surface area (Å²) in [6.07, 6.45) is 1.59. The molecule has 6 heteroatoms. The van der Waals surface area contributed by atoms with E-state index in [4.69, 9.17) is 0 Å². The first-order valence-corrected chi connectivity index (χ1v) is 6.00. The number of hydrogen-bond acceptors (Lipinski definition) is 4. The molecule has 0 aliphatic carbocycles. The number of piperidine rings is 1. The summed E-state index contributed by atoms with van der Waals surface area (Å²) < 4.78 is 0. The van der Waals surface area contributed by atoms with Gasteiger partial charge in [0.05, 0.1) is 6.04 Å². The second kappa shape index (κ2) is 4.83. The Morgan fingerprint density at radius 3 is 2.76 bits per heavy atom. The Hall–Kier alpha value is -1.43. The molecule has 4 amide bonds. The van der Waals surface area contributed by atoms with Crippen LogP contribution in [0.1, 0.15) is 26.2 Å². The summed E-state index contributed by atoms with van der Waals surface area (Å²) in [5.74, 6) is -0.874. The maximum absolute atomic E-state index is 11.7. The largest absolute Gasteiger partial charge is 0.331 e. The number of amides is 4. The van der Waals surface area contributed by atoms with Crippen molar-refractivity contribution in [3.63, 3.8) is 0 Å². The van der Waals surface area contributed by atoms with Gasteiger partial charge < -0.3 is 4.90 Å². The Kier molecular flexibility index (Phi) is 3.42. The van der Waals surface area contributed by atoms with Crippen molar-refractivity contribution in [3.8, 4) is 0 Å². The van der Waals surface area contributed by atoms with E-state index in [1.165, 1.54) is 4.90 Å². The Morgan fingerprint density at radius 2 is 2.12 bits per heavy atom. The van der Waals surface area contributed by atoms with Crippen LogP contribution in [0.25, 0.3) is 0 Å². The van der Waals surface area contributed by atoms with E-state index in [9.17, 15) is 14.4 Å². The van der Waals surface area contributed by atoms with Crippen molar-refractivity contribution in [2.45, 2.75) is 32.2 Å². The Bertz CT molecular complexity index is 336. The van der Waals surface area contributed by atoms with Gasteiger partial charge in [0.2, 0.25) is 11.8 Å². The van der Waals surface area contributed by atoms with Crippen LogP contribution in [0.15, 0.2) is 0 Å². The van der Waals surface area contributed by atoms with Crippen molar-refractivity contribution in [2.75, 3.05) is 19.6 Å². The van der Waals surface area contributed by atoms with E-state index < -0.39 is 11.9 Å². The smallest absolute Gasteiger partial charge is 0.302 e. The third kappa shape index (κ3) is 2.46. The zero-order chi connectivity index (χ0) is 12.4. The minimum absolute atomic E-state index is 0.0932. The van der Waals surface area contributed by atoms with Crippen LogP contribution in [-0.4, -0.2) is 53.3 Å². The summed E-state index contributed by atoms with van der Waals surface area (Å²) in [5, 5.41) is 2.20. The van der Waals surface area contributed by atoms with E-state index in [-0.39, 0.29) is 18.4 Å². The fraction of sp³-hybridized carbons (Fsp3) is 0.727. The van der Waals surface area contributed by atoms with Gasteiger partial charge in [0.15, 0.2) is 0 Å². The van der Waals surface area contributed by atoms with Crippen LogP contribution in [0, 0.1) is 0 Å². The number of carbonyl (C=O) groups excluding carboxylic acids is 3. The highest BCUT2D eigenvalue weighted by Crippen LogP contribution is 2.18. The lowest BCUT2D eigenvalue weighted by Crippen LogP contribution is -2.60. The Morgan fingerprint density at radius 1 is 1.35 bits per heavy atom. The van der Waals surface area contributed by atoms with Gasteiger partial charge in [0.1, 0.15) is 6.42 Å². The van der Waals surface area contributed by atoms with Crippen molar-refractivity contribution >= 4 is 17.8 Å². The normalized spacial score (nSPS) is 27.2. The van der Waals surface area contributed by atoms with Gasteiger partial charge in [0, 0.05) is 6.54 Å². The fourth-order valence-electron chi connectivity index (χ4n) is 2.46. The summed E-state index contributed by atoms with van der Waals surface area (Å²) in [6, 6.07) is -0.654. The highest BCUT2D eigenvalue weighted by atomic mass is 16.2. The average Bonchev–Trinajstić information content (AvgIpc) is 2.28. The number of nitrogens with one attached hydrogen (secondary N) is 1. The number of likely N-dealkylation sites (N-methyl/N-ethyl adjacent to an activating group) is 1. The van der Waals surface area contributed by atoms with Crippen LogP contribution in [0.3, 0.4) is 0 Å². The van der Waals surface area contributed by atoms with Gasteiger partial charge in [0.25, 0.3) is 0 Å². The second-order valence-electron chi connectivity index (χ2n) is 4.48. The molecule has 0 spiro atoms. The minimum atomic E-state index is -0.561. The van der Waals surface area contributed by atoms with E-state index in [1.807, 2.05) is 0 Å². The highest BCUT2D eigenvalue weighted by molar-refractivity contribution is 6.14. The van der Waals surface area contributed by atoms with E-state index in [0.717, 1.165) is 25.9 Å². The number of urea groups is 1. The average molecular weight is 239 g/mol. The molecule has 1 unspecified atom stereocenters. The molecule has 0 aromatic heterocycles. The summed E-state index contributed by atoms with van der Waals surface area (Å²) >= 11 is 0. The standard InChI is InChI=1S/C11H17N3O3/c1-2-13-5-3-4-8(7-13)14-10(16)6-9(15)12-11(14)17/h8H,2-7H2,1H3,(H,12,15,17). The van der Waals surface area contributed by atoms with Gasteiger partial charge in [-0.3, -0.25) is 19.8 Å². The third-order valence-corrected chi connectivity index (χ3v) is 3.34. The number of rotatable bonds is 2. The molecule has 0 aromatic rings. The first-order valence-electron chi connectivity index (χ1n) is 6.00. The fourth-order valence-corrected chi connectivity index (χ4v) is 2.46. The van der Waals surface area contributed by atoms with Gasteiger partial charge in [-0.2, -0.15) is 0 Å². The van der Waals surface area contributed by atoms with Crippen molar-refractivity contribution in [1.29, 1.82) is 0 Å². The van der Waals surface area contributed by atoms with Crippen molar-refractivity contribution in [3.05, 3.63) is 0 Å². The molecule has 2 heterocycles. The molecule has 2 fully saturated rings. The molecular formula is C11H17N3O3. The van der Waals surface area contributed by atoms with Gasteiger partial charge in [-0.15, -0.1) is 0 Å². The van der Waals surface area contributed by atoms with Crippen molar-refractivity contribution in [1.82, 2.24) is 15.1 Å². The predicted molar refractivity (Wildman–Crippen MR) is 60.1 cm³/mol. The van der Waals surface area contributed by atoms with E-state index in [2.05, 4.69) is 17.1 Å². The summed E-state index contributed by atoms with van der Waals surface area (Å²) in [7, 11) is 0.